The number of amides is 1. The molecule has 0 aliphatic rings. The van der Waals surface area contributed by atoms with E-state index in [1.165, 1.54) is 41.5 Å². The zero-order chi connectivity index (χ0) is 23.4. The van der Waals surface area contributed by atoms with Gasteiger partial charge in [-0.15, -0.1) is 11.3 Å². The van der Waals surface area contributed by atoms with Crippen LogP contribution in [0.3, 0.4) is 0 Å². The molecular weight excluding hydrogens is 476 g/mol. The van der Waals surface area contributed by atoms with Crippen LogP contribution in [0.5, 0.6) is 0 Å². The molecule has 4 rings (SSSR count). The SMILES string of the molecule is CN(C)S(=O)(=O)c1ccc(-c2csc(NC(=O)c3ccc(Sc4ccccn4)cc3)n2)cc1. The number of benzene rings is 2. The number of pyridine rings is 1. The fourth-order valence-electron chi connectivity index (χ4n) is 2.84. The van der Waals surface area contributed by atoms with Gasteiger partial charge in [-0.3, -0.25) is 10.1 Å². The fourth-order valence-corrected chi connectivity index (χ4v) is 5.23. The topological polar surface area (TPSA) is 92.3 Å². The molecule has 10 heteroatoms. The van der Waals surface area contributed by atoms with Gasteiger partial charge in [-0.2, -0.15) is 0 Å². The monoisotopic (exact) mass is 496 g/mol. The van der Waals surface area contributed by atoms with E-state index in [4.69, 9.17) is 0 Å². The number of hydrogen-bond acceptors (Lipinski definition) is 7. The van der Waals surface area contributed by atoms with Crippen LogP contribution in [0.2, 0.25) is 0 Å². The molecule has 0 spiro atoms. The van der Waals surface area contributed by atoms with Crippen molar-refractivity contribution in [2.24, 2.45) is 0 Å². The second-order valence-corrected chi connectivity index (χ2v) is 11.2. The summed E-state index contributed by atoms with van der Waals surface area (Å²) in [5.74, 6) is -0.252. The van der Waals surface area contributed by atoms with Crippen molar-refractivity contribution < 1.29 is 13.2 Å². The van der Waals surface area contributed by atoms with Gasteiger partial charge in [0.2, 0.25) is 10.0 Å². The molecule has 0 aliphatic carbocycles. The average molecular weight is 497 g/mol. The molecule has 2 aromatic carbocycles. The van der Waals surface area contributed by atoms with Gasteiger partial charge >= 0.3 is 0 Å². The van der Waals surface area contributed by atoms with E-state index in [0.717, 1.165) is 15.5 Å². The molecule has 0 atom stereocenters. The third-order valence-electron chi connectivity index (χ3n) is 4.63. The molecule has 0 aliphatic heterocycles. The van der Waals surface area contributed by atoms with Crippen LogP contribution in [0.1, 0.15) is 10.4 Å². The maximum atomic E-state index is 12.6. The Balaban J connectivity index is 1.41. The highest BCUT2D eigenvalue weighted by Crippen LogP contribution is 2.28. The normalized spacial score (nSPS) is 11.5. The fraction of sp³-hybridized carbons (Fsp3) is 0.0870. The van der Waals surface area contributed by atoms with Gasteiger partial charge in [-0.25, -0.2) is 22.7 Å². The third kappa shape index (κ3) is 5.48. The molecule has 7 nitrogen and oxygen atoms in total. The number of anilines is 1. The lowest BCUT2D eigenvalue weighted by Gasteiger charge is -2.11. The van der Waals surface area contributed by atoms with Crippen LogP contribution in [0.25, 0.3) is 11.3 Å². The molecule has 1 N–H and O–H groups in total. The molecule has 4 aromatic rings. The lowest BCUT2D eigenvalue weighted by molar-refractivity contribution is 0.102. The van der Waals surface area contributed by atoms with Gasteiger partial charge in [-0.1, -0.05) is 30.0 Å². The Labute approximate surface area is 200 Å². The van der Waals surface area contributed by atoms with Crippen LogP contribution in [0, 0.1) is 0 Å². The molecule has 0 saturated heterocycles. The van der Waals surface area contributed by atoms with E-state index < -0.39 is 10.0 Å². The number of sulfonamides is 1. The Kier molecular flexibility index (Phi) is 6.89. The minimum atomic E-state index is -3.48. The quantitative estimate of drug-likeness (QED) is 0.393. The molecule has 0 saturated carbocycles. The zero-order valence-electron chi connectivity index (χ0n) is 17.8. The predicted octanol–water partition coefficient (Wildman–Crippen LogP) is 4.86. The number of thiazole rings is 1. The minimum absolute atomic E-state index is 0.213. The average Bonchev–Trinajstić information content (AvgIpc) is 3.28. The maximum Gasteiger partial charge on any atom is 0.257 e. The van der Waals surface area contributed by atoms with Crippen molar-refractivity contribution in [3.05, 3.63) is 83.9 Å². The number of hydrogen-bond donors (Lipinski definition) is 1. The van der Waals surface area contributed by atoms with Crippen molar-refractivity contribution in [1.29, 1.82) is 0 Å². The van der Waals surface area contributed by atoms with Crippen molar-refractivity contribution in [3.63, 3.8) is 0 Å². The number of aromatic nitrogens is 2. The van der Waals surface area contributed by atoms with Crippen LogP contribution in [0.15, 0.2) is 93.1 Å². The van der Waals surface area contributed by atoms with Crippen molar-refractivity contribution in [2.75, 3.05) is 19.4 Å². The van der Waals surface area contributed by atoms with Gasteiger partial charge in [0.05, 0.1) is 10.6 Å². The first-order valence-electron chi connectivity index (χ1n) is 9.82. The summed E-state index contributed by atoms with van der Waals surface area (Å²) in [5.41, 5.74) is 1.95. The summed E-state index contributed by atoms with van der Waals surface area (Å²) in [4.78, 5) is 22.6. The Morgan fingerprint density at radius 2 is 1.73 bits per heavy atom. The predicted molar refractivity (Wildman–Crippen MR) is 131 cm³/mol. The highest BCUT2D eigenvalue weighted by atomic mass is 32.2. The van der Waals surface area contributed by atoms with E-state index in [9.17, 15) is 13.2 Å². The Morgan fingerprint density at radius 3 is 2.36 bits per heavy atom. The van der Waals surface area contributed by atoms with Crippen LogP contribution in [0.4, 0.5) is 5.13 Å². The lowest BCUT2D eigenvalue weighted by Crippen LogP contribution is -2.22. The van der Waals surface area contributed by atoms with Crippen LogP contribution in [-0.4, -0.2) is 42.7 Å². The first-order chi connectivity index (χ1) is 15.8. The summed E-state index contributed by atoms with van der Waals surface area (Å²) in [7, 11) is -0.501. The van der Waals surface area contributed by atoms with E-state index in [1.54, 1.807) is 42.6 Å². The standard InChI is InChI=1S/C23H20N4O3S3/c1-27(2)33(29,30)19-12-8-16(9-13-19)20-15-31-23(25-20)26-22(28)17-6-10-18(11-7-17)32-21-5-3-4-14-24-21/h3-15H,1-2H3,(H,25,26,28). The second-order valence-electron chi connectivity index (χ2n) is 7.10. The maximum absolute atomic E-state index is 12.6. The van der Waals surface area contributed by atoms with Crippen LogP contribution >= 0.6 is 23.1 Å². The molecular formula is C23H20N4O3S3. The van der Waals surface area contributed by atoms with Gasteiger partial charge in [0.15, 0.2) is 5.13 Å². The lowest BCUT2D eigenvalue weighted by atomic mass is 10.2. The first kappa shape index (κ1) is 23.1. The molecule has 2 aromatic heterocycles. The first-order valence-corrected chi connectivity index (χ1v) is 13.0. The minimum Gasteiger partial charge on any atom is -0.298 e. The summed E-state index contributed by atoms with van der Waals surface area (Å²) in [6.07, 6.45) is 1.74. The molecule has 1 amide bonds. The van der Waals surface area contributed by atoms with E-state index in [1.807, 2.05) is 35.7 Å². The molecule has 168 valence electrons. The smallest absolute Gasteiger partial charge is 0.257 e. The summed E-state index contributed by atoms with van der Waals surface area (Å²) in [5, 5.41) is 5.98. The number of rotatable bonds is 7. The number of nitrogens with one attached hydrogen (secondary N) is 1. The van der Waals surface area contributed by atoms with E-state index in [0.29, 0.717) is 16.4 Å². The number of carbonyl (C=O) groups is 1. The van der Waals surface area contributed by atoms with Crippen LogP contribution < -0.4 is 5.32 Å². The van der Waals surface area contributed by atoms with Gasteiger partial charge in [0.1, 0.15) is 5.03 Å². The van der Waals surface area contributed by atoms with Crippen molar-refractivity contribution in [3.8, 4) is 11.3 Å². The Morgan fingerprint density at radius 1 is 1.00 bits per heavy atom. The zero-order valence-corrected chi connectivity index (χ0v) is 20.2. The Hall–Kier alpha value is -3.05. The summed E-state index contributed by atoms with van der Waals surface area (Å²) < 4.78 is 25.6. The molecule has 0 fully saturated rings. The van der Waals surface area contributed by atoms with Gasteiger partial charge in [-0.05, 0) is 48.5 Å². The largest absolute Gasteiger partial charge is 0.298 e. The van der Waals surface area contributed by atoms with E-state index in [-0.39, 0.29) is 10.8 Å². The second kappa shape index (κ2) is 9.84. The van der Waals surface area contributed by atoms with E-state index >= 15 is 0 Å². The van der Waals surface area contributed by atoms with Crippen molar-refractivity contribution in [1.82, 2.24) is 14.3 Å². The van der Waals surface area contributed by atoms with E-state index in [2.05, 4.69) is 15.3 Å². The highest BCUT2D eigenvalue weighted by Gasteiger charge is 2.17. The summed E-state index contributed by atoms with van der Waals surface area (Å²) in [6, 6.07) is 19.5. The summed E-state index contributed by atoms with van der Waals surface area (Å²) >= 11 is 2.83. The van der Waals surface area contributed by atoms with Gasteiger partial charge in [0.25, 0.3) is 5.91 Å². The van der Waals surface area contributed by atoms with Crippen molar-refractivity contribution >= 4 is 44.2 Å². The van der Waals surface area contributed by atoms with Crippen LogP contribution in [-0.2, 0) is 10.0 Å². The highest BCUT2D eigenvalue weighted by molar-refractivity contribution is 7.99. The molecule has 33 heavy (non-hydrogen) atoms. The molecule has 2 heterocycles. The number of nitrogens with zero attached hydrogens (tertiary/aromatic N) is 3. The molecule has 0 unspecified atom stereocenters. The summed E-state index contributed by atoms with van der Waals surface area (Å²) in [6.45, 7) is 0. The third-order valence-corrected chi connectivity index (χ3v) is 8.18. The van der Waals surface area contributed by atoms with Crippen molar-refractivity contribution in [2.45, 2.75) is 14.8 Å². The molecule has 0 bridgehead atoms. The van der Waals surface area contributed by atoms with Gasteiger partial charge in [0, 0.05) is 41.7 Å². The molecule has 0 radical (unpaired) electrons. The number of carbonyl (C=O) groups excluding carboxylic acids is 1. The Bertz CT molecular complexity index is 1350. The van der Waals surface area contributed by atoms with Gasteiger partial charge < -0.3 is 0 Å².